The van der Waals surface area contributed by atoms with Crippen LogP contribution in [-0.4, -0.2) is 48.4 Å². The minimum atomic E-state index is -2.83. The quantitative estimate of drug-likeness (QED) is 0.206. The van der Waals surface area contributed by atoms with Crippen molar-refractivity contribution in [1.82, 2.24) is 15.1 Å². The fourth-order valence-corrected chi connectivity index (χ4v) is 3.68. The molecule has 0 unspecified atom stereocenters. The number of carbonyl (C=O) groups is 1. The number of halogens is 3. The first kappa shape index (κ1) is 26.8. The zero-order valence-corrected chi connectivity index (χ0v) is 21.3. The van der Waals surface area contributed by atoms with Gasteiger partial charge in [-0.2, -0.15) is 8.78 Å². The molecule has 1 heterocycles. The molecule has 9 heteroatoms. The second-order valence-corrected chi connectivity index (χ2v) is 7.74. The molecule has 0 spiro atoms. The van der Waals surface area contributed by atoms with Gasteiger partial charge in [0.2, 0.25) is 5.91 Å². The highest BCUT2D eigenvalue weighted by Crippen LogP contribution is 2.23. The third kappa shape index (κ3) is 8.13. The number of carbonyl (C=O) groups excluding carboxylic acids is 1. The summed E-state index contributed by atoms with van der Waals surface area (Å²) in [5.74, 6) is 1.03. The number of hydrogen-bond donors (Lipinski definition) is 1. The lowest BCUT2D eigenvalue weighted by atomic mass is 10.1. The molecule has 0 aromatic heterocycles. The van der Waals surface area contributed by atoms with E-state index in [1.807, 2.05) is 35.9 Å². The molecule has 0 bridgehead atoms. The molecule has 0 saturated heterocycles. The van der Waals surface area contributed by atoms with Gasteiger partial charge in [0.1, 0.15) is 5.75 Å². The number of fused-ring (bicyclic) bond motifs is 1. The molecule has 0 fully saturated rings. The second kappa shape index (κ2) is 13.3. The Bertz CT molecular complexity index is 900. The van der Waals surface area contributed by atoms with Crippen LogP contribution in [-0.2, 0) is 24.4 Å². The molecule has 2 aromatic rings. The van der Waals surface area contributed by atoms with Crippen LogP contribution in [0.1, 0.15) is 36.5 Å². The van der Waals surface area contributed by atoms with E-state index in [-0.39, 0.29) is 35.6 Å². The topological polar surface area (TPSA) is 57.2 Å². The van der Waals surface area contributed by atoms with Crippen molar-refractivity contribution in [3.8, 4) is 5.75 Å². The average molecular weight is 572 g/mol. The molecule has 1 aliphatic heterocycles. The van der Waals surface area contributed by atoms with E-state index in [1.165, 1.54) is 23.3 Å². The summed E-state index contributed by atoms with van der Waals surface area (Å²) in [6.45, 7) is 2.36. The maximum absolute atomic E-state index is 12.5. The van der Waals surface area contributed by atoms with Crippen molar-refractivity contribution >= 4 is 35.8 Å². The number of benzene rings is 2. The SMILES string of the molecule is CCNC(=NCCCC(=O)N1Cc2ccccc2C1)N(C)Cc1ccc(OC(F)F)cc1.I. The van der Waals surface area contributed by atoms with Crippen LogP contribution < -0.4 is 10.1 Å². The number of ether oxygens (including phenoxy) is 1. The third-order valence-electron chi connectivity index (χ3n) is 5.27. The van der Waals surface area contributed by atoms with Crippen molar-refractivity contribution in [3.05, 3.63) is 65.2 Å². The molecular formula is C24H31F2IN4O2. The Morgan fingerprint density at radius 2 is 1.79 bits per heavy atom. The highest BCUT2D eigenvalue weighted by atomic mass is 127. The maximum atomic E-state index is 12.5. The molecule has 0 saturated carbocycles. The number of aliphatic imine (C=N–C) groups is 1. The molecular weight excluding hydrogens is 541 g/mol. The molecule has 6 nitrogen and oxygen atoms in total. The lowest BCUT2D eigenvalue weighted by Crippen LogP contribution is -2.38. The second-order valence-electron chi connectivity index (χ2n) is 7.74. The van der Waals surface area contributed by atoms with Crippen molar-refractivity contribution in [2.75, 3.05) is 20.1 Å². The summed E-state index contributed by atoms with van der Waals surface area (Å²) >= 11 is 0. The number of guanidine groups is 1. The molecule has 1 amide bonds. The third-order valence-corrected chi connectivity index (χ3v) is 5.27. The zero-order chi connectivity index (χ0) is 22.9. The van der Waals surface area contributed by atoms with Crippen LogP contribution in [0.15, 0.2) is 53.5 Å². The fraction of sp³-hybridized carbons (Fsp3) is 0.417. The number of nitrogens with one attached hydrogen (secondary N) is 1. The van der Waals surface area contributed by atoms with Crippen molar-refractivity contribution in [2.24, 2.45) is 4.99 Å². The number of rotatable bonds is 9. The Kier molecular flexibility index (Phi) is 10.8. The number of alkyl halides is 2. The summed E-state index contributed by atoms with van der Waals surface area (Å²) in [5, 5.41) is 3.25. The smallest absolute Gasteiger partial charge is 0.387 e. The Labute approximate surface area is 211 Å². The lowest BCUT2D eigenvalue weighted by Gasteiger charge is -2.22. The van der Waals surface area contributed by atoms with Gasteiger partial charge in [-0.05, 0) is 42.2 Å². The van der Waals surface area contributed by atoms with Crippen LogP contribution in [0, 0.1) is 0 Å². The van der Waals surface area contributed by atoms with Crippen LogP contribution in [0.5, 0.6) is 5.75 Å². The van der Waals surface area contributed by atoms with E-state index in [9.17, 15) is 13.6 Å². The predicted octanol–water partition coefficient (Wildman–Crippen LogP) is 4.63. The normalized spacial score (nSPS) is 12.9. The van der Waals surface area contributed by atoms with Crippen molar-refractivity contribution in [1.29, 1.82) is 0 Å². The van der Waals surface area contributed by atoms with E-state index in [2.05, 4.69) is 27.2 Å². The van der Waals surface area contributed by atoms with Gasteiger partial charge in [0.25, 0.3) is 0 Å². The van der Waals surface area contributed by atoms with Crippen LogP contribution in [0.4, 0.5) is 8.78 Å². The predicted molar refractivity (Wildman–Crippen MR) is 136 cm³/mol. The van der Waals surface area contributed by atoms with Gasteiger partial charge in [0.15, 0.2) is 5.96 Å². The molecule has 0 aliphatic carbocycles. The standard InChI is InChI=1S/C24H30F2N4O2.HI/c1-3-27-24(29(2)15-18-10-12-21(13-11-18)32-23(25)26)28-14-6-9-22(31)30-16-19-7-4-5-8-20(19)17-30;/h4-5,7-8,10-13,23H,3,6,9,14-17H2,1-2H3,(H,27,28);1H. The molecule has 0 atom stereocenters. The van der Waals surface area contributed by atoms with Gasteiger partial charge in [-0.15, -0.1) is 24.0 Å². The Morgan fingerprint density at radius 1 is 1.15 bits per heavy atom. The van der Waals surface area contributed by atoms with Gasteiger partial charge < -0.3 is 19.9 Å². The summed E-state index contributed by atoms with van der Waals surface area (Å²) in [4.78, 5) is 21.0. The summed E-state index contributed by atoms with van der Waals surface area (Å²) in [6.07, 6.45) is 1.14. The zero-order valence-electron chi connectivity index (χ0n) is 19.0. The molecule has 180 valence electrons. The highest BCUT2D eigenvalue weighted by molar-refractivity contribution is 14.0. The van der Waals surface area contributed by atoms with Crippen LogP contribution in [0.25, 0.3) is 0 Å². The van der Waals surface area contributed by atoms with Gasteiger partial charge in [0, 0.05) is 46.2 Å². The summed E-state index contributed by atoms with van der Waals surface area (Å²) in [5.41, 5.74) is 3.40. The Balaban J connectivity index is 0.00000385. The van der Waals surface area contributed by atoms with Gasteiger partial charge >= 0.3 is 6.61 Å². The molecule has 0 radical (unpaired) electrons. The van der Waals surface area contributed by atoms with Gasteiger partial charge in [-0.25, -0.2) is 0 Å². The van der Waals surface area contributed by atoms with Crippen molar-refractivity contribution < 1.29 is 18.3 Å². The minimum Gasteiger partial charge on any atom is -0.435 e. The molecule has 3 rings (SSSR count). The van der Waals surface area contributed by atoms with E-state index in [0.29, 0.717) is 39.0 Å². The van der Waals surface area contributed by atoms with E-state index < -0.39 is 6.61 Å². The largest absolute Gasteiger partial charge is 0.435 e. The van der Waals surface area contributed by atoms with Crippen LogP contribution in [0.2, 0.25) is 0 Å². The molecule has 1 aliphatic rings. The fourth-order valence-electron chi connectivity index (χ4n) is 3.68. The minimum absolute atomic E-state index is 0. The molecule has 33 heavy (non-hydrogen) atoms. The average Bonchev–Trinajstić information content (AvgIpc) is 3.21. The molecule has 2 aromatic carbocycles. The first-order valence-electron chi connectivity index (χ1n) is 10.8. The monoisotopic (exact) mass is 572 g/mol. The van der Waals surface area contributed by atoms with E-state index in [4.69, 9.17) is 0 Å². The summed E-state index contributed by atoms with van der Waals surface area (Å²) < 4.78 is 29.0. The number of amides is 1. The number of hydrogen-bond acceptors (Lipinski definition) is 3. The van der Waals surface area contributed by atoms with E-state index in [0.717, 1.165) is 18.1 Å². The van der Waals surface area contributed by atoms with Crippen molar-refractivity contribution in [2.45, 2.75) is 46.0 Å². The summed E-state index contributed by atoms with van der Waals surface area (Å²) in [6, 6.07) is 14.7. The lowest BCUT2D eigenvalue weighted by molar-refractivity contribution is -0.131. The first-order valence-corrected chi connectivity index (χ1v) is 10.8. The van der Waals surface area contributed by atoms with Gasteiger partial charge in [0.05, 0.1) is 0 Å². The van der Waals surface area contributed by atoms with Crippen LogP contribution >= 0.6 is 24.0 Å². The van der Waals surface area contributed by atoms with Crippen molar-refractivity contribution in [3.63, 3.8) is 0 Å². The molecule has 1 N–H and O–H groups in total. The van der Waals surface area contributed by atoms with E-state index in [1.54, 1.807) is 12.1 Å². The first-order chi connectivity index (χ1) is 15.5. The Hall–Kier alpha value is -2.43. The number of nitrogens with zero attached hydrogens (tertiary/aromatic N) is 3. The van der Waals surface area contributed by atoms with Crippen LogP contribution in [0.3, 0.4) is 0 Å². The van der Waals surface area contributed by atoms with Gasteiger partial charge in [-0.1, -0.05) is 36.4 Å². The highest BCUT2D eigenvalue weighted by Gasteiger charge is 2.22. The van der Waals surface area contributed by atoms with E-state index >= 15 is 0 Å². The maximum Gasteiger partial charge on any atom is 0.387 e. The Morgan fingerprint density at radius 3 is 2.36 bits per heavy atom. The van der Waals surface area contributed by atoms with Gasteiger partial charge in [-0.3, -0.25) is 9.79 Å². The summed E-state index contributed by atoms with van der Waals surface area (Å²) in [7, 11) is 1.91.